The van der Waals surface area contributed by atoms with Gasteiger partial charge in [-0.3, -0.25) is 4.79 Å². The zero-order valence-electron chi connectivity index (χ0n) is 8.42. The van der Waals surface area contributed by atoms with Crippen LogP contribution in [0.2, 0.25) is 0 Å². The Hall–Kier alpha value is -1.51. The van der Waals surface area contributed by atoms with Gasteiger partial charge in [-0.15, -0.1) is 0 Å². The molecule has 0 radical (unpaired) electrons. The Labute approximate surface area is 88.1 Å². The lowest BCUT2D eigenvalue weighted by Crippen LogP contribution is -2.36. The molecule has 1 heterocycles. The predicted octanol–water partition coefficient (Wildman–Crippen LogP) is 1.44. The quantitative estimate of drug-likeness (QED) is 0.670. The van der Waals surface area contributed by atoms with Crippen molar-refractivity contribution in [1.29, 1.82) is 0 Å². The third kappa shape index (κ3) is 1.09. The molecule has 1 aromatic rings. The van der Waals surface area contributed by atoms with Crippen LogP contribution in [0.3, 0.4) is 0 Å². The van der Waals surface area contributed by atoms with Crippen molar-refractivity contribution >= 4 is 5.91 Å². The SMILES string of the molecule is O=C1CC[C@]2(CCc3cccc(O)c32)N1. The number of fused-ring (bicyclic) bond motifs is 2. The molecule has 1 aliphatic heterocycles. The van der Waals surface area contributed by atoms with Crippen molar-refractivity contribution in [2.75, 3.05) is 0 Å². The van der Waals surface area contributed by atoms with Gasteiger partial charge in [-0.2, -0.15) is 0 Å². The number of carbonyl (C=O) groups is 1. The second-order valence-electron chi connectivity index (χ2n) is 4.44. The van der Waals surface area contributed by atoms with Gasteiger partial charge in [-0.05, 0) is 30.9 Å². The van der Waals surface area contributed by atoms with Gasteiger partial charge in [0.05, 0.1) is 5.54 Å². The Kier molecular flexibility index (Phi) is 1.61. The van der Waals surface area contributed by atoms with Crippen molar-refractivity contribution in [3.8, 4) is 5.75 Å². The topological polar surface area (TPSA) is 49.3 Å². The average Bonchev–Trinajstić information content (AvgIpc) is 2.74. The van der Waals surface area contributed by atoms with E-state index in [2.05, 4.69) is 5.32 Å². The number of nitrogens with one attached hydrogen (secondary N) is 1. The van der Waals surface area contributed by atoms with Crippen LogP contribution in [0.5, 0.6) is 5.75 Å². The minimum Gasteiger partial charge on any atom is -0.508 e. The summed E-state index contributed by atoms with van der Waals surface area (Å²) >= 11 is 0. The number of hydrogen-bond donors (Lipinski definition) is 2. The fourth-order valence-electron chi connectivity index (χ4n) is 2.91. The van der Waals surface area contributed by atoms with Gasteiger partial charge in [-0.25, -0.2) is 0 Å². The van der Waals surface area contributed by atoms with Crippen molar-refractivity contribution in [3.05, 3.63) is 29.3 Å². The fraction of sp³-hybridized carbons (Fsp3) is 0.417. The number of phenols is 1. The number of hydrogen-bond acceptors (Lipinski definition) is 2. The number of benzene rings is 1. The number of aromatic hydroxyl groups is 1. The molecule has 0 bridgehead atoms. The van der Waals surface area contributed by atoms with Gasteiger partial charge in [0, 0.05) is 12.0 Å². The van der Waals surface area contributed by atoms with Crippen LogP contribution in [0.1, 0.15) is 30.4 Å². The van der Waals surface area contributed by atoms with Crippen LogP contribution in [-0.2, 0) is 16.8 Å². The first-order chi connectivity index (χ1) is 7.21. The Morgan fingerprint density at radius 3 is 2.80 bits per heavy atom. The number of phenolic OH excluding ortho intramolecular Hbond substituents is 1. The smallest absolute Gasteiger partial charge is 0.220 e. The maximum atomic E-state index is 11.3. The molecule has 0 unspecified atom stereocenters. The van der Waals surface area contributed by atoms with Crippen LogP contribution in [-0.4, -0.2) is 11.0 Å². The highest BCUT2D eigenvalue weighted by Crippen LogP contribution is 2.46. The van der Waals surface area contributed by atoms with Gasteiger partial charge in [0.2, 0.25) is 5.91 Å². The van der Waals surface area contributed by atoms with Gasteiger partial charge < -0.3 is 10.4 Å². The monoisotopic (exact) mass is 203 g/mol. The Bertz CT molecular complexity index is 441. The zero-order valence-corrected chi connectivity index (χ0v) is 8.42. The van der Waals surface area contributed by atoms with E-state index in [0.717, 1.165) is 24.8 Å². The number of rotatable bonds is 0. The van der Waals surface area contributed by atoms with E-state index in [1.807, 2.05) is 12.1 Å². The first-order valence-corrected chi connectivity index (χ1v) is 5.34. The van der Waals surface area contributed by atoms with Gasteiger partial charge in [-0.1, -0.05) is 12.1 Å². The molecule has 1 aliphatic carbocycles. The highest BCUT2D eigenvalue weighted by atomic mass is 16.3. The van der Waals surface area contributed by atoms with Gasteiger partial charge in [0.25, 0.3) is 0 Å². The van der Waals surface area contributed by atoms with Crippen molar-refractivity contribution in [2.45, 2.75) is 31.2 Å². The average molecular weight is 203 g/mol. The van der Waals surface area contributed by atoms with Crippen molar-refractivity contribution in [1.82, 2.24) is 5.32 Å². The largest absolute Gasteiger partial charge is 0.508 e. The van der Waals surface area contributed by atoms with Gasteiger partial charge in [0.1, 0.15) is 5.75 Å². The lowest BCUT2D eigenvalue weighted by molar-refractivity contribution is -0.119. The summed E-state index contributed by atoms with van der Waals surface area (Å²) in [5, 5.41) is 12.9. The molecular weight excluding hydrogens is 190 g/mol. The Morgan fingerprint density at radius 1 is 1.27 bits per heavy atom. The summed E-state index contributed by atoms with van der Waals surface area (Å²) in [6.45, 7) is 0. The van der Waals surface area contributed by atoms with E-state index < -0.39 is 0 Å². The van der Waals surface area contributed by atoms with E-state index in [-0.39, 0.29) is 11.4 Å². The summed E-state index contributed by atoms with van der Waals surface area (Å²) in [6.07, 6.45) is 3.26. The number of amides is 1. The van der Waals surface area contributed by atoms with Crippen LogP contribution in [0.4, 0.5) is 0 Å². The molecule has 0 aromatic heterocycles. The highest BCUT2D eigenvalue weighted by Gasteiger charge is 2.45. The third-order valence-electron chi connectivity index (χ3n) is 3.59. The van der Waals surface area contributed by atoms with Crippen LogP contribution in [0.25, 0.3) is 0 Å². The van der Waals surface area contributed by atoms with Gasteiger partial charge >= 0.3 is 0 Å². The van der Waals surface area contributed by atoms with E-state index in [9.17, 15) is 9.90 Å². The highest BCUT2D eigenvalue weighted by molar-refractivity contribution is 5.80. The second kappa shape index (κ2) is 2.75. The summed E-state index contributed by atoms with van der Waals surface area (Å²) in [7, 11) is 0. The van der Waals surface area contributed by atoms with Crippen molar-refractivity contribution in [2.24, 2.45) is 0 Å². The molecule has 2 N–H and O–H groups in total. The number of aryl methyl sites for hydroxylation is 1. The van der Waals surface area contributed by atoms with Crippen molar-refractivity contribution < 1.29 is 9.90 Å². The normalized spacial score (nSPS) is 28.1. The molecule has 3 nitrogen and oxygen atoms in total. The molecule has 1 fully saturated rings. The molecule has 3 rings (SSSR count). The molecule has 1 saturated heterocycles. The molecule has 0 saturated carbocycles. The molecule has 1 spiro atoms. The maximum Gasteiger partial charge on any atom is 0.220 e. The first-order valence-electron chi connectivity index (χ1n) is 5.34. The molecule has 1 aromatic carbocycles. The molecule has 1 atom stereocenters. The summed E-state index contributed by atoms with van der Waals surface area (Å²) in [5.41, 5.74) is 1.87. The van der Waals surface area contributed by atoms with Crippen LogP contribution in [0.15, 0.2) is 18.2 Å². The van der Waals surface area contributed by atoms with E-state index >= 15 is 0 Å². The summed E-state index contributed by atoms with van der Waals surface area (Å²) in [4.78, 5) is 11.3. The molecule has 1 amide bonds. The summed E-state index contributed by atoms with van der Waals surface area (Å²) < 4.78 is 0. The molecule has 15 heavy (non-hydrogen) atoms. The summed E-state index contributed by atoms with van der Waals surface area (Å²) in [6, 6.07) is 5.61. The van der Waals surface area contributed by atoms with E-state index in [4.69, 9.17) is 0 Å². The Balaban J connectivity index is 2.15. The van der Waals surface area contributed by atoms with Gasteiger partial charge in [0.15, 0.2) is 0 Å². The Morgan fingerprint density at radius 2 is 2.07 bits per heavy atom. The lowest BCUT2D eigenvalue weighted by atomic mass is 9.89. The van der Waals surface area contributed by atoms with Crippen molar-refractivity contribution in [3.63, 3.8) is 0 Å². The minimum absolute atomic E-state index is 0.103. The fourth-order valence-corrected chi connectivity index (χ4v) is 2.91. The van der Waals surface area contributed by atoms with E-state index in [1.54, 1.807) is 6.07 Å². The molecular formula is C12H13NO2. The maximum absolute atomic E-state index is 11.3. The first kappa shape index (κ1) is 8.77. The number of carbonyl (C=O) groups excluding carboxylic acids is 1. The molecule has 3 heteroatoms. The second-order valence-corrected chi connectivity index (χ2v) is 4.44. The summed E-state index contributed by atoms with van der Waals surface area (Å²) in [5.74, 6) is 0.429. The van der Waals surface area contributed by atoms with Crippen LogP contribution < -0.4 is 5.32 Å². The van der Waals surface area contributed by atoms with Crippen LogP contribution >= 0.6 is 0 Å². The third-order valence-corrected chi connectivity index (χ3v) is 3.59. The lowest BCUT2D eigenvalue weighted by Gasteiger charge is -2.25. The predicted molar refractivity (Wildman–Crippen MR) is 55.5 cm³/mol. The van der Waals surface area contributed by atoms with E-state index in [1.165, 1.54) is 5.56 Å². The molecule has 78 valence electrons. The minimum atomic E-state index is -0.266. The van der Waals surface area contributed by atoms with Crippen LogP contribution in [0, 0.1) is 0 Å². The molecule has 2 aliphatic rings. The zero-order chi connectivity index (χ0) is 10.5. The van der Waals surface area contributed by atoms with E-state index in [0.29, 0.717) is 12.2 Å². The standard InChI is InChI=1S/C12H13NO2/c14-9-3-1-2-8-4-6-12(11(8)9)7-5-10(15)13-12/h1-3,14H,4-7H2,(H,13,15)/t12-/m0/s1.